The predicted molar refractivity (Wildman–Crippen MR) is 73.6 cm³/mol. The molecule has 1 rings (SSSR count). The Morgan fingerprint density at radius 2 is 1.94 bits per heavy atom. The lowest BCUT2D eigenvalue weighted by Gasteiger charge is -2.24. The fourth-order valence-electron chi connectivity index (χ4n) is 2.06. The summed E-state index contributed by atoms with van der Waals surface area (Å²) in [5.74, 6) is 0. The van der Waals surface area contributed by atoms with Crippen LogP contribution >= 0.6 is 0 Å². The molecule has 0 saturated carbocycles. The molecule has 0 aromatic carbocycles. The molecule has 1 aromatic heterocycles. The van der Waals surface area contributed by atoms with Gasteiger partial charge in [0.15, 0.2) is 0 Å². The normalized spacial score (nSPS) is 11.3. The van der Waals surface area contributed by atoms with E-state index in [0.717, 1.165) is 25.0 Å². The van der Waals surface area contributed by atoms with E-state index in [1.54, 1.807) is 10.6 Å². The highest BCUT2D eigenvalue weighted by Gasteiger charge is 2.19. The van der Waals surface area contributed by atoms with Gasteiger partial charge < -0.3 is 4.57 Å². The number of nitrogens with zero attached hydrogens (tertiary/aromatic N) is 2. The molecule has 0 saturated heterocycles. The summed E-state index contributed by atoms with van der Waals surface area (Å²) in [4.78, 5) is 12.2. The number of aromatic nitrogens is 1. The molecule has 1 heterocycles. The molecule has 1 aromatic rings. The van der Waals surface area contributed by atoms with E-state index in [0.29, 0.717) is 6.54 Å². The number of hydrogen-bond acceptors (Lipinski definition) is 2. The van der Waals surface area contributed by atoms with Crippen LogP contribution in [0.15, 0.2) is 16.9 Å². The number of hydrogen-bond donors (Lipinski definition) is 0. The molecule has 0 radical (unpaired) electrons. The van der Waals surface area contributed by atoms with Gasteiger partial charge >= 0.3 is 0 Å². The van der Waals surface area contributed by atoms with Crippen LogP contribution in [0.2, 0.25) is 0 Å². The van der Waals surface area contributed by atoms with Crippen molar-refractivity contribution >= 4 is 0 Å². The molecule has 0 atom stereocenters. The smallest absolute Gasteiger partial charge is 0.268 e. The first-order valence-electron chi connectivity index (χ1n) is 6.56. The zero-order valence-electron chi connectivity index (χ0n) is 11.8. The van der Waals surface area contributed by atoms with E-state index in [9.17, 15) is 4.79 Å². The van der Waals surface area contributed by atoms with Gasteiger partial charge in [0.2, 0.25) is 0 Å². The molecule has 18 heavy (non-hydrogen) atoms. The fraction of sp³-hybridized carbons (Fsp3) is 0.600. The van der Waals surface area contributed by atoms with Crippen LogP contribution in [0.5, 0.6) is 0 Å². The third kappa shape index (κ3) is 3.22. The maximum atomic E-state index is 12.2. The summed E-state index contributed by atoms with van der Waals surface area (Å²) in [6.45, 7) is 9.10. The topological polar surface area (TPSA) is 45.8 Å². The highest BCUT2D eigenvalue weighted by atomic mass is 16.1. The first-order valence-corrected chi connectivity index (χ1v) is 6.56. The van der Waals surface area contributed by atoms with Crippen LogP contribution in [-0.4, -0.2) is 4.57 Å². The van der Waals surface area contributed by atoms with E-state index in [4.69, 9.17) is 5.26 Å². The minimum Gasteiger partial charge on any atom is -0.311 e. The summed E-state index contributed by atoms with van der Waals surface area (Å²) in [5, 5.41) is 8.94. The summed E-state index contributed by atoms with van der Waals surface area (Å²) in [7, 11) is 0. The summed E-state index contributed by atoms with van der Waals surface area (Å²) < 4.78 is 1.77. The Morgan fingerprint density at radius 1 is 1.28 bits per heavy atom. The molecular formula is C15H22N2O. The Labute approximate surface area is 109 Å². The van der Waals surface area contributed by atoms with Gasteiger partial charge in [0.25, 0.3) is 5.56 Å². The van der Waals surface area contributed by atoms with Crippen molar-refractivity contribution < 1.29 is 0 Å². The molecule has 0 fully saturated rings. The van der Waals surface area contributed by atoms with E-state index in [-0.39, 0.29) is 16.5 Å². The molecule has 0 spiro atoms. The van der Waals surface area contributed by atoms with E-state index >= 15 is 0 Å². The molecule has 98 valence electrons. The number of pyridine rings is 1. The van der Waals surface area contributed by atoms with Crippen molar-refractivity contribution in [3.05, 3.63) is 33.7 Å². The minimum absolute atomic E-state index is 0.0840. The van der Waals surface area contributed by atoms with Gasteiger partial charge in [-0.15, -0.1) is 0 Å². The zero-order chi connectivity index (χ0) is 13.8. The number of nitriles is 1. The van der Waals surface area contributed by atoms with Crippen molar-refractivity contribution in [1.82, 2.24) is 4.57 Å². The van der Waals surface area contributed by atoms with Gasteiger partial charge in [-0.2, -0.15) is 5.26 Å². The second-order valence-electron chi connectivity index (χ2n) is 5.66. The van der Waals surface area contributed by atoms with Crippen molar-refractivity contribution in [2.45, 2.75) is 58.9 Å². The SMILES string of the molecule is CCCCCn1c(C(C)(C)C)ccc(C#N)c1=O. The van der Waals surface area contributed by atoms with E-state index in [2.05, 4.69) is 27.7 Å². The second kappa shape index (κ2) is 5.86. The maximum absolute atomic E-state index is 12.2. The van der Waals surface area contributed by atoms with E-state index in [1.807, 2.05) is 12.1 Å². The Bertz CT molecular complexity index is 501. The molecule has 0 aliphatic rings. The predicted octanol–water partition coefficient (Wildman–Crippen LogP) is 3.21. The molecule has 0 amide bonds. The average molecular weight is 246 g/mol. The van der Waals surface area contributed by atoms with Gasteiger partial charge in [-0.3, -0.25) is 4.79 Å². The van der Waals surface area contributed by atoms with Gasteiger partial charge in [-0.05, 0) is 18.6 Å². The zero-order valence-corrected chi connectivity index (χ0v) is 11.8. The fourth-order valence-corrected chi connectivity index (χ4v) is 2.06. The van der Waals surface area contributed by atoms with Crippen molar-refractivity contribution in [2.24, 2.45) is 0 Å². The van der Waals surface area contributed by atoms with Crippen LogP contribution in [0, 0.1) is 11.3 Å². The van der Waals surface area contributed by atoms with Gasteiger partial charge in [0.1, 0.15) is 11.6 Å². The Balaban J connectivity index is 3.24. The lowest BCUT2D eigenvalue weighted by Crippen LogP contribution is -2.31. The third-order valence-corrected chi connectivity index (χ3v) is 3.05. The van der Waals surface area contributed by atoms with Gasteiger partial charge in [0.05, 0.1) is 0 Å². The first-order chi connectivity index (χ1) is 8.41. The summed E-state index contributed by atoms with van der Waals surface area (Å²) in [6, 6.07) is 5.52. The minimum atomic E-state index is -0.152. The molecule has 0 unspecified atom stereocenters. The Morgan fingerprint density at radius 3 is 2.44 bits per heavy atom. The average Bonchev–Trinajstić information content (AvgIpc) is 2.29. The highest BCUT2D eigenvalue weighted by molar-refractivity contribution is 5.29. The lowest BCUT2D eigenvalue weighted by molar-refractivity contribution is 0.483. The largest absolute Gasteiger partial charge is 0.311 e. The van der Waals surface area contributed by atoms with Crippen LogP contribution in [-0.2, 0) is 12.0 Å². The first kappa shape index (κ1) is 14.5. The van der Waals surface area contributed by atoms with Crippen LogP contribution in [0.1, 0.15) is 58.2 Å². The van der Waals surface area contributed by atoms with Crippen molar-refractivity contribution in [3.63, 3.8) is 0 Å². The lowest BCUT2D eigenvalue weighted by atomic mass is 9.90. The second-order valence-corrected chi connectivity index (χ2v) is 5.66. The van der Waals surface area contributed by atoms with Gasteiger partial charge in [0, 0.05) is 17.7 Å². The summed E-state index contributed by atoms with van der Waals surface area (Å²) >= 11 is 0. The van der Waals surface area contributed by atoms with E-state index in [1.165, 1.54) is 0 Å². The molecular weight excluding hydrogens is 224 g/mol. The number of rotatable bonds is 4. The molecule has 3 nitrogen and oxygen atoms in total. The molecule has 0 bridgehead atoms. The van der Waals surface area contributed by atoms with Crippen LogP contribution < -0.4 is 5.56 Å². The summed E-state index contributed by atoms with van der Waals surface area (Å²) in [5.41, 5.74) is 1.00. The van der Waals surface area contributed by atoms with Crippen LogP contribution in [0.25, 0.3) is 0 Å². The monoisotopic (exact) mass is 246 g/mol. The Hall–Kier alpha value is -1.56. The van der Waals surface area contributed by atoms with Gasteiger partial charge in [-0.25, -0.2) is 0 Å². The van der Waals surface area contributed by atoms with Crippen molar-refractivity contribution in [1.29, 1.82) is 5.26 Å². The molecule has 0 N–H and O–H groups in total. The summed E-state index contributed by atoms with van der Waals surface area (Å²) in [6.07, 6.45) is 3.21. The van der Waals surface area contributed by atoms with Crippen LogP contribution in [0.4, 0.5) is 0 Å². The third-order valence-electron chi connectivity index (χ3n) is 3.05. The van der Waals surface area contributed by atoms with Crippen LogP contribution in [0.3, 0.4) is 0 Å². The highest BCUT2D eigenvalue weighted by Crippen LogP contribution is 2.21. The molecule has 0 aliphatic carbocycles. The standard InChI is InChI=1S/C15H22N2O/c1-5-6-7-10-17-13(15(2,3)4)9-8-12(11-16)14(17)18/h8-9H,5-7,10H2,1-4H3. The van der Waals surface area contributed by atoms with Crippen molar-refractivity contribution in [3.8, 4) is 6.07 Å². The van der Waals surface area contributed by atoms with Crippen molar-refractivity contribution in [2.75, 3.05) is 0 Å². The molecule has 3 heteroatoms. The van der Waals surface area contributed by atoms with Gasteiger partial charge in [-0.1, -0.05) is 40.5 Å². The molecule has 0 aliphatic heterocycles. The quantitative estimate of drug-likeness (QED) is 0.766. The number of unbranched alkanes of at least 4 members (excludes halogenated alkanes) is 2. The maximum Gasteiger partial charge on any atom is 0.268 e. The van der Waals surface area contributed by atoms with E-state index < -0.39 is 0 Å². The Kier molecular flexibility index (Phi) is 4.72.